The van der Waals surface area contributed by atoms with Crippen LogP contribution in [0.15, 0.2) is 30.3 Å². The monoisotopic (exact) mass is 247 g/mol. The molecule has 1 aromatic carbocycles. The van der Waals surface area contributed by atoms with Gasteiger partial charge in [-0.05, 0) is 43.6 Å². The van der Waals surface area contributed by atoms with Crippen molar-refractivity contribution >= 4 is 5.91 Å². The smallest absolute Gasteiger partial charge is 0.221 e. The van der Waals surface area contributed by atoms with Crippen LogP contribution < -0.4 is 5.73 Å². The maximum atomic E-state index is 11.6. The highest BCUT2D eigenvalue weighted by molar-refractivity contribution is 5.77. The number of primary amides is 1. The van der Waals surface area contributed by atoms with E-state index < -0.39 is 0 Å². The minimum absolute atomic E-state index is 0.0973. The third kappa shape index (κ3) is 3.33. The number of aliphatic hydroxyl groups excluding tert-OH is 1. The van der Waals surface area contributed by atoms with Gasteiger partial charge in [0.25, 0.3) is 0 Å². The van der Waals surface area contributed by atoms with E-state index in [4.69, 9.17) is 5.73 Å². The first kappa shape index (κ1) is 13.1. The second-order valence-electron chi connectivity index (χ2n) is 5.27. The number of rotatable bonds is 4. The van der Waals surface area contributed by atoms with Gasteiger partial charge in [-0.2, -0.15) is 0 Å². The average Bonchev–Trinajstić information content (AvgIpc) is 2.38. The highest BCUT2D eigenvalue weighted by Crippen LogP contribution is 2.32. The lowest BCUT2D eigenvalue weighted by molar-refractivity contribution is -0.124. The van der Waals surface area contributed by atoms with Crippen LogP contribution in [0, 0.1) is 11.8 Å². The van der Waals surface area contributed by atoms with Crippen LogP contribution in [0.4, 0.5) is 0 Å². The maximum absolute atomic E-state index is 11.6. The zero-order chi connectivity index (χ0) is 13.0. The highest BCUT2D eigenvalue weighted by Gasteiger charge is 2.30. The van der Waals surface area contributed by atoms with E-state index in [-0.39, 0.29) is 17.9 Å². The van der Waals surface area contributed by atoms with Crippen LogP contribution >= 0.6 is 0 Å². The van der Waals surface area contributed by atoms with Crippen molar-refractivity contribution in [2.45, 2.75) is 38.2 Å². The van der Waals surface area contributed by atoms with Gasteiger partial charge in [0.05, 0.1) is 6.10 Å². The molecular weight excluding hydrogens is 226 g/mol. The molecule has 3 N–H and O–H groups in total. The number of hydrogen-bond acceptors (Lipinski definition) is 2. The first-order valence-electron chi connectivity index (χ1n) is 6.68. The summed E-state index contributed by atoms with van der Waals surface area (Å²) in [5.41, 5.74) is 6.71. The molecule has 0 heterocycles. The summed E-state index contributed by atoms with van der Waals surface area (Å²) in [5.74, 6) is 0.0197. The molecule has 1 fully saturated rings. The number of hydrogen-bond donors (Lipinski definition) is 2. The molecule has 1 atom stereocenters. The molecule has 3 nitrogen and oxygen atoms in total. The molecule has 0 radical (unpaired) electrons. The summed E-state index contributed by atoms with van der Waals surface area (Å²) in [4.78, 5) is 11.6. The Labute approximate surface area is 108 Å². The molecule has 1 aromatic rings. The lowest BCUT2D eigenvalue weighted by atomic mass is 9.76. The van der Waals surface area contributed by atoms with E-state index in [0.29, 0.717) is 5.92 Å². The van der Waals surface area contributed by atoms with Crippen LogP contribution in [-0.2, 0) is 11.2 Å². The van der Waals surface area contributed by atoms with Crippen molar-refractivity contribution in [1.82, 2.24) is 0 Å². The summed E-state index contributed by atoms with van der Waals surface area (Å²) in [6.45, 7) is 0. The van der Waals surface area contributed by atoms with Crippen molar-refractivity contribution < 1.29 is 9.90 Å². The molecule has 1 saturated carbocycles. The van der Waals surface area contributed by atoms with E-state index in [2.05, 4.69) is 0 Å². The van der Waals surface area contributed by atoms with E-state index in [0.717, 1.165) is 37.7 Å². The van der Waals surface area contributed by atoms with Crippen molar-refractivity contribution in [2.24, 2.45) is 17.6 Å². The quantitative estimate of drug-likeness (QED) is 0.853. The first-order valence-corrected chi connectivity index (χ1v) is 6.68. The van der Waals surface area contributed by atoms with Gasteiger partial charge in [0.2, 0.25) is 5.91 Å². The van der Waals surface area contributed by atoms with Gasteiger partial charge < -0.3 is 10.8 Å². The molecule has 1 aliphatic carbocycles. The topological polar surface area (TPSA) is 63.3 Å². The van der Waals surface area contributed by atoms with Crippen molar-refractivity contribution in [3.8, 4) is 0 Å². The highest BCUT2D eigenvalue weighted by atomic mass is 16.3. The molecule has 18 heavy (non-hydrogen) atoms. The largest absolute Gasteiger partial charge is 0.393 e. The van der Waals surface area contributed by atoms with Gasteiger partial charge in [0.15, 0.2) is 0 Å². The molecule has 2 rings (SSSR count). The molecular formula is C15H21NO2. The molecule has 3 heteroatoms. The summed E-state index contributed by atoms with van der Waals surface area (Å²) >= 11 is 0. The van der Waals surface area contributed by atoms with Gasteiger partial charge >= 0.3 is 0 Å². The van der Waals surface area contributed by atoms with Crippen LogP contribution in [0.3, 0.4) is 0 Å². The minimum Gasteiger partial charge on any atom is -0.393 e. The standard InChI is InChI=1S/C15H21NO2/c16-15(18)14(10-11-4-2-1-3-5-11)12-6-8-13(17)9-7-12/h1-5,12-14,17H,6-10H2,(H2,16,18)/t12?,13?,14-/m0/s1. The van der Waals surface area contributed by atoms with Crippen LogP contribution in [0.25, 0.3) is 0 Å². The summed E-state index contributed by atoms with van der Waals surface area (Å²) in [6, 6.07) is 10.0. The third-order valence-electron chi connectivity index (χ3n) is 3.97. The fourth-order valence-electron chi connectivity index (χ4n) is 2.87. The molecule has 0 aliphatic heterocycles. The Kier molecular flexibility index (Phi) is 4.37. The van der Waals surface area contributed by atoms with E-state index in [1.54, 1.807) is 0 Å². The Morgan fingerprint density at radius 1 is 1.22 bits per heavy atom. The Morgan fingerprint density at radius 3 is 2.39 bits per heavy atom. The number of carbonyl (C=O) groups excluding carboxylic acids is 1. The molecule has 0 saturated heterocycles. The Balaban J connectivity index is 2.02. The Hall–Kier alpha value is -1.35. The molecule has 0 unspecified atom stereocenters. The minimum atomic E-state index is -0.208. The predicted octanol–water partition coefficient (Wildman–Crippen LogP) is 1.88. The van der Waals surface area contributed by atoms with Gasteiger partial charge in [0, 0.05) is 5.92 Å². The molecule has 0 aromatic heterocycles. The maximum Gasteiger partial charge on any atom is 0.221 e. The molecule has 0 bridgehead atoms. The van der Waals surface area contributed by atoms with Crippen molar-refractivity contribution in [3.05, 3.63) is 35.9 Å². The van der Waals surface area contributed by atoms with Crippen LogP contribution in [0.2, 0.25) is 0 Å². The second-order valence-corrected chi connectivity index (χ2v) is 5.27. The van der Waals surface area contributed by atoms with Gasteiger partial charge in [-0.3, -0.25) is 4.79 Å². The zero-order valence-corrected chi connectivity index (χ0v) is 10.6. The summed E-state index contributed by atoms with van der Waals surface area (Å²) in [6.07, 6.45) is 3.93. The lowest BCUT2D eigenvalue weighted by Gasteiger charge is -2.30. The third-order valence-corrected chi connectivity index (χ3v) is 3.97. The Morgan fingerprint density at radius 2 is 1.83 bits per heavy atom. The van der Waals surface area contributed by atoms with E-state index in [9.17, 15) is 9.90 Å². The predicted molar refractivity (Wildman–Crippen MR) is 70.8 cm³/mol. The van der Waals surface area contributed by atoms with Gasteiger partial charge in [-0.1, -0.05) is 30.3 Å². The summed E-state index contributed by atoms with van der Waals surface area (Å²) < 4.78 is 0. The number of benzene rings is 1. The fourth-order valence-corrected chi connectivity index (χ4v) is 2.87. The van der Waals surface area contributed by atoms with Crippen molar-refractivity contribution in [1.29, 1.82) is 0 Å². The van der Waals surface area contributed by atoms with Crippen LogP contribution in [-0.4, -0.2) is 17.1 Å². The van der Waals surface area contributed by atoms with Gasteiger partial charge in [-0.25, -0.2) is 0 Å². The molecule has 0 spiro atoms. The summed E-state index contributed by atoms with van der Waals surface area (Å²) in [7, 11) is 0. The van der Waals surface area contributed by atoms with E-state index in [1.165, 1.54) is 0 Å². The molecule has 98 valence electrons. The number of nitrogens with two attached hydrogens (primary N) is 1. The lowest BCUT2D eigenvalue weighted by Crippen LogP contribution is -2.34. The van der Waals surface area contributed by atoms with E-state index >= 15 is 0 Å². The van der Waals surface area contributed by atoms with Gasteiger partial charge in [-0.15, -0.1) is 0 Å². The van der Waals surface area contributed by atoms with Crippen LogP contribution in [0.1, 0.15) is 31.2 Å². The van der Waals surface area contributed by atoms with E-state index in [1.807, 2.05) is 30.3 Å². The number of carbonyl (C=O) groups is 1. The van der Waals surface area contributed by atoms with Crippen LogP contribution in [0.5, 0.6) is 0 Å². The van der Waals surface area contributed by atoms with Crippen molar-refractivity contribution in [3.63, 3.8) is 0 Å². The summed E-state index contributed by atoms with van der Waals surface area (Å²) in [5, 5.41) is 9.52. The Bertz CT molecular complexity index is 383. The van der Waals surface area contributed by atoms with Crippen molar-refractivity contribution in [2.75, 3.05) is 0 Å². The molecule has 1 amide bonds. The average molecular weight is 247 g/mol. The van der Waals surface area contributed by atoms with Gasteiger partial charge in [0.1, 0.15) is 0 Å². The fraction of sp³-hybridized carbons (Fsp3) is 0.533. The normalized spacial score (nSPS) is 25.6. The second kappa shape index (κ2) is 6.01. The molecule has 1 aliphatic rings. The SMILES string of the molecule is NC(=O)[C@@H](Cc1ccccc1)C1CCC(O)CC1. The zero-order valence-electron chi connectivity index (χ0n) is 10.6. The number of aliphatic hydroxyl groups is 1. The number of amides is 1. The first-order chi connectivity index (χ1) is 8.66.